The van der Waals surface area contributed by atoms with Crippen molar-refractivity contribution in [1.29, 1.82) is 0 Å². The molecule has 0 saturated carbocycles. The number of fused-ring (bicyclic) bond motifs is 1. The maximum Gasteiger partial charge on any atom is 0.177 e. The number of aryl methyl sites for hydroxylation is 1. The lowest BCUT2D eigenvalue weighted by Gasteiger charge is -2.08. The Morgan fingerprint density at radius 2 is 2.16 bits per heavy atom. The van der Waals surface area contributed by atoms with Gasteiger partial charge in [0.25, 0.3) is 0 Å². The summed E-state index contributed by atoms with van der Waals surface area (Å²) in [6.07, 6.45) is 2.95. The van der Waals surface area contributed by atoms with Crippen LogP contribution in [-0.4, -0.2) is 34.1 Å². The summed E-state index contributed by atoms with van der Waals surface area (Å²) in [6.45, 7) is 9.21. The average molecular weight is 261 g/mol. The van der Waals surface area contributed by atoms with E-state index in [1.165, 1.54) is 5.56 Å². The fourth-order valence-corrected chi connectivity index (χ4v) is 2.05. The summed E-state index contributed by atoms with van der Waals surface area (Å²) in [6, 6.07) is 2.60. The number of imidazole rings is 1. The minimum absolute atomic E-state index is 0.563. The first-order valence-corrected chi connectivity index (χ1v) is 6.91. The SMILES string of the molecule is Cc1nc2nccc(CNCCCNC(C)C)c2[nH]1. The quantitative estimate of drug-likeness (QED) is 0.664. The molecule has 2 aromatic rings. The van der Waals surface area contributed by atoms with Crippen molar-refractivity contribution in [2.45, 2.75) is 39.8 Å². The molecule has 0 aliphatic rings. The number of hydrogen-bond donors (Lipinski definition) is 3. The Hall–Kier alpha value is -1.46. The fraction of sp³-hybridized carbons (Fsp3) is 0.571. The number of aromatic nitrogens is 3. The molecule has 5 heteroatoms. The van der Waals surface area contributed by atoms with Crippen molar-refractivity contribution in [2.24, 2.45) is 0 Å². The van der Waals surface area contributed by atoms with Gasteiger partial charge in [0, 0.05) is 18.8 Å². The van der Waals surface area contributed by atoms with E-state index < -0.39 is 0 Å². The van der Waals surface area contributed by atoms with E-state index in [0.29, 0.717) is 6.04 Å². The van der Waals surface area contributed by atoms with E-state index in [1.807, 2.05) is 19.2 Å². The van der Waals surface area contributed by atoms with E-state index in [2.05, 4.69) is 39.4 Å². The van der Waals surface area contributed by atoms with E-state index in [1.54, 1.807) is 0 Å². The summed E-state index contributed by atoms with van der Waals surface area (Å²) >= 11 is 0. The van der Waals surface area contributed by atoms with Gasteiger partial charge in [0.1, 0.15) is 5.82 Å². The van der Waals surface area contributed by atoms with Gasteiger partial charge in [-0.3, -0.25) is 0 Å². The summed E-state index contributed by atoms with van der Waals surface area (Å²) in [7, 11) is 0. The van der Waals surface area contributed by atoms with Gasteiger partial charge in [-0.15, -0.1) is 0 Å². The molecule has 0 saturated heterocycles. The Bertz CT molecular complexity index is 518. The molecule has 0 radical (unpaired) electrons. The molecule has 0 spiro atoms. The van der Waals surface area contributed by atoms with Crippen LogP contribution in [0.1, 0.15) is 31.7 Å². The Morgan fingerprint density at radius 1 is 1.32 bits per heavy atom. The van der Waals surface area contributed by atoms with Gasteiger partial charge in [0.15, 0.2) is 5.65 Å². The van der Waals surface area contributed by atoms with Gasteiger partial charge in [0.05, 0.1) is 5.52 Å². The van der Waals surface area contributed by atoms with E-state index in [0.717, 1.165) is 43.0 Å². The Kier molecular flexibility index (Phi) is 4.87. The Morgan fingerprint density at radius 3 is 2.95 bits per heavy atom. The largest absolute Gasteiger partial charge is 0.341 e. The van der Waals surface area contributed by atoms with Gasteiger partial charge in [-0.1, -0.05) is 13.8 Å². The molecule has 0 amide bonds. The van der Waals surface area contributed by atoms with Gasteiger partial charge in [0.2, 0.25) is 0 Å². The molecule has 19 heavy (non-hydrogen) atoms. The van der Waals surface area contributed by atoms with Crippen LogP contribution in [0.15, 0.2) is 12.3 Å². The predicted octanol–water partition coefficient (Wildman–Crippen LogP) is 1.74. The third-order valence-corrected chi connectivity index (χ3v) is 3.00. The minimum atomic E-state index is 0.563. The summed E-state index contributed by atoms with van der Waals surface area (Å²) in [4.78, 5) is 11.9. The zero-order valence-corrected chi connectivity index (χ0v) is 12.0. The first-order valence-electron chi connectivity index (χ1n) is 6.91. The molecule has 0 aliphatic carbocycles. The summed E-state index contributed by atoms with van der Waals surface area (Å²) in [5, 5.41) is 6.87. The molecule has 0 fully saturated rings. The van der Waals surface area contributed by atoms with Gasteiger partial charge in [-0.2, -0.15) is 0 Å². The first-order chi connectivity index (χ1) is 9.16. The highest BCUT2D eigenvalue weighted by molar-refractivity contribution is 5.74. The van der Waals surface area contributed by atoms with Crippen LogP contribution in [0.2, 0.25) is 0 Å². The van der Waals surface area contributed by atoms with Crippen LogP contribution in [0.25, 0.3) is 11.2 Å². The normalized spacial score (nSPS) is 11.6. The molecule has 3 N–H and O–H groups in total. The molecule has 2 heterocycles. The van der Waals surface area contributed by atoms with Crippen molar-refractivity contribution in [3.05, 3.63) is 23.7 Å². The number of hydrogen-bond acceptors (Lipinski definition) is 4. The van der Waals surface area contributed by atoms with Crippen LogP contribution < -0.4 is 10.6 Å². The lowest BCUT2D eigenvalue weighted by atomic mass is 10.2. The molecule has 2 aromatic heterocycles. The molecule has 5 nitrogen and oxygen atoms in total. The van der Waals surface area contributed by atoms with E-state index >= 15 is 0 Å². The molecule has 104 valence electrons. The van der Waals surface area contributed by atoms with Crippen molar-refractivity contribution in [2.75, 3.05) is 13.1 Å². The molecule has 0 aliphatic heterocycles. The smallest absolute Gasteiger partial charge is 0.177 e. The zero-order chi connectivity index (χ0) is 13.7. The van der Waals surface area contributed by atoms with Crippen molar-refractivity contribution < 1.29 is 0 Å². The number of rotatable bonds is 7. The highest BCUT2D eigenvalue weighted by Crippen LogP contribution is 2.13. The van der Waals surface area contributed by atoms with Crippen LogP contribution in [0, 0.1) is 6.92 Å². The lowest BCUT2D eigenvalue weighted by molar-refractivity contribution is 0.548. The molecular formula is C14H23N5. The third-order valence-electron chi connectivity index (χ3n) is 3.00. The number of H-pyrrole nitrogens is 1. The Labute approximate surface area is 114 Å². The minimum Gasteiger partial charge on any atom is -0.341 e. The average Bonchev–Trinajstić information content (AvgIpc) is 2.74. The second-order valence-corrected chi connectivity index (χ2v) is 5.13. The zero-order valence-electron chi connectivity index (χ0n) is 12.0. The van der Waals surface area contributed by atoms with Crippen LogP contribution in [0.4, 0.5) is 0 Å². The van der Waals surface area contributed by atoms with Crippen LogP contribution in [-0.2, 0) is 6.54 Å². The molecule has 0 aromatic carbocycles. The second kappa shape index (κ2) is 6.63. The molecular weight excluding hydrogens is 238 g/mol. The van der Waals surface area contributed by atoms with Crippen molar-refractivity contribution in [3.63, 3.8) is 0 Å². The highest BCUT2D eigenvalue weighted by atomic mass is 15.0. The van der Waals surface area contributed by atoms with E-state index in [-0.39, 0.29) is 0 Å². The lowest BCUT2D eigenvalue weighted by Crippen LogP contribution is -2.26. The van der Waals surface area contributed by atoms with Gasteiger partial charge in [-0.25, -0.2) is 9.97 Å². The summed E-state index contributed by atoms with van der Waals surface area (Å²) < 4.78 is 0. The maximum atomic E-state index is 4.35. The topological polar surface area (TPSA) is 65.6 Å². The maximum absolute atomic E-state index is 4.35. The second-order valence-electron chi connectivity index (χ2n) is 5.13. The van der Waals surface area contributed by atoms with Gasteiger partial charge >= 0.3 is 0 Å². The summed E-state index contributed by atoms with van der Waals surface area (Å²) in [5.74, 6) is 0.913. The summed E-state index contributed by atoms with van der Waals surface area (Å²) in [5.41, 5.74) is 3.08. The fourth-order valence-electron chi connectivity index (χ4n) is 2.05. The molecule has 0 atom stereocenters. The van der Waals surface area contributed by atoms with Crippen LogP contribution in [0.3, 0.4) is 0 Å². The van der Waals surface area contributed by atoms with Crippen LogP contribution in [0.5, 0.6) is 0 Å². The highest BCUT2D eigenvalue weighted by Gasteiger charge is 2.05. The predicted molar refractivity (Wildman–Crippen MR) is 78.1 cm³/mol. The number of nitrogens with one attached hydrogen (secondary N) is 3. The number of pyridine rings is 1. The van der Waals surface area contributed by atoms with E-state index in [9.17, 15) is 0 Å². The number of aromatic amines is 1. The van der Waals surface area contributed by atoms with Crippen LogP contribution >= 0.6 is 0 Å². The molecule has 2 rings (SSSR count). The standard InChI is InChI=1S/C14H23N5/c1-10(2)16-7-4-6-15-9-12-5-8-17-14-13(12)18-11(3)19-14/h5,8,10,15-16H,4,6-7,9H2,1-3H3,(H,17,18,19). The number of nitrogens with zero attached hydrogens (tertiary/aromatic N) is 2. The first kappa shape index (κ1) is 14.0. The van der Waals surface area contributed by atoms with Gasteiger partial charge < -0.3 is 15.6 Å². The van der Waals surface area contributed by atoms with E-state index in [4.69, 9.17) is 0 Å². The molecule has 0 bridgehead atoms. The van der Waals surface area contributed by atoms with Crippen molar-refractivity contribution in [1.82, 2.24) is 25.6 Å². The van der Waals surface area contributed by atoms with Crippen molar-refractivity contribution in [3.8, 4) is 0 Å². The monoisotopic (exact) mass is 261 g/mol. The third kappa shape index (κ3) is 4.01. The Balaban J connectivity index is 1.81. The van der Waals surface area contributed by atoms with Gasteiger partial charge in [-0.05, 0) is 38.1 Å². The molecule has 0 unspecified atom stereocenters. The van der Waals surface area contributed by atoms with Crippen molar-refractivity contribution >= 4 is 11.2 Å².